The first-order chi connectivity index (χ1) is 7.45. The van der Waals surface area contributed by atoms with Gasteiger partial charge in [-0.05, 0) is 30.5 Å². The van der Waals surface area contributed by atoms with Gasteiger partial charge in [0.2, 0.25) is 0 Å². The Morgan fingerprint density at radius 2 is 2.06 bits per heavy atom. The van der Waals surface area contributed by atoms with Gasteiger partial charge in [0.25, 0.3) is 0 Å². The second-order valence-electron chi connectivity index (χ2n) is 4.12. The number of aliphatic hydroxyl groups excluding tert-OH is 1. The van der Waals surface area contributed by atoms with Crippen molar-refractivity contribution in [3.05, 3.63) is 28.8 Å². The predicted octanol–water partition coefficient (Wildman–Crippen LogP) is 1.52. The minimum Gasteiger partial charge on any atom is -0.506 e. The molecule has 16 heavy (non-hydrogen) atoms. The third-order valence-electron chi connectivity index (χ3n) is 3.08. The largest absolute Gasteiger partial charge is 0.506 e. The topological polar surface area (TPSA) is 77.8 Å². The van der Waals surface area contributed by atoms with Gasteiger partial charge in [-0.2, -0.15) is 0 Å². The lowest BCUT2D eigenvalue weighted by molar-refractivity contribution is -0.152. The lowest BCUT2D eigenvalue weighted by Crippen LogP contribution is -2.50. The number of halogens is 1. The molecule has 1 fully saturated rings. The highest BCUT2D eigenvalue weighted by atomic mass is 35.5. The summed E-state index contributed by atoms with van der Waals surface area (Å²) in [6.45, 7) is 0. The maximum absolute atomic E-state index is 11.2. The monoisotopic (exact) mass is 242 g/mol. The van der Waals surface area contributed by atoms with Crippen LogP contribution in [0.4, 0.5) is 0 Å². The highest BCUT2D eigenvalue weighted by molar-refractivity contribution is 6.32. The number of carbonyl (C=O) groups is 1. The van der Waals surface area contributed by atoms with Crippen molar-refractivity contribution < 1.29 is 20.1 Å². The lowest BCUT2D eigenvalue weighted by atomic mass is 9.63. The Labute approximate surface area is 97.1 Å². The number of rotatable bonds is 2. The Kier molecular flexibility index (Phi) is 2.56. The number of aromatic hydroxyl groups is 1. The number of phenolic OH excluding ortho intramolecular Hbond substituents is 1. The summed E-state index contributed by atoms with van der Waals surface area (Å²) in [5.41, 5.74) is -0.537. The Balaban J connectivity index is 2.41. The fraction of sp³-hybridized carbons (Fsp3) is 0.364. The summed E-state index contributed by atoms with van der Waals surface area (Å²) in [6.07, 6.45) is -0.212. The molecule has 86 valence electrons. The molecule has 1 saturated carbocycles. The van der Waals surface area contributed by atoms with Gasteiger partial charge >= 0.3 is 5.97 Å². The zero-order chi connectivity index (χ0) is 11.9. The second kappa shape index (κ2) is 3.64. The molecule has 0 saturated heterocycles. The normalized spacial score (nSPS) is 28.5. The third kappa shape index (κ3) is 1.54. The van der Waals surface area contributed by atoms with E-state index < -0.39 is 17.5 Å². The molecule has 1 aromatic rings. The highest BCUT2D eigenvalue weighted by Gasteiger charge is 2.51. The first-order valence-electron chi connectivity index (χ1n) is 4.86. The average molecular weight is 243 g/mol. The molecule has 0 radical (unpaired) electrons. The van der Waals surface area contributed by atoms with E-state index in [2.05, 4.69) is 0 Å². The predicted molar refractivity (Wildman–Crippen MR) is 57.7 cm³/mol. The van der Waals surface area contributed by atoms with Gasteiger partial charge in [-0.25, -0.2) is 0 Å². The van der Waals surface area contributed by atoms with Crippen molar-refractivity contribution >= 4 is 17.6 Å². The van der Waals surface area contributed by atoms with Gasteiger partial charge in [-0.15, -0.1) is 0 Å². The number of hydrogen-bond acceptors (Lipinski definition) is 3. The molecule has 2 rings (SSSR count). The van der Waals surface area contributed by atoms with E-state index in [0.717, 1.165) is 0 Å². The number of benzene rings is 1. The third-order valence-corrected chi connectivity index (χ3v) is 3.38. The zero-order valence-corrected chi connectivity index (χ0v) is 9.11. The van der Waals surface area contributed by atoms with E-state index in [1.807, 2.05) is 0 Å². The molecule has 3 N–H and O–H groups in total. The summed E-state index contributed by atoms with van der Waals surface area (Å²) in [5.74, 6) is -1.05. The van der Waals surface area contributed by atoms with Gasteiger partial charge in [0.05, 0.1) is 16.5 Å². The van der Waals surface area contributed by atoms with Crippen molar-refractivity contribution in [3.63, 3.8) is 0 Å². The van der Waals surface area contributed by atoms with Crippen molar-refractivity contribution in [1.29, 1.82) is 0 Å². The molecular weight excluding hydrogens is 232 g/mol. The van der Waals surface area contributed by atoms with Crippen LogP contribution in [0.5, 0.6) is 5.75 Å². The van der Waals surface area contributed by atoms with E-state index in [0.29, 0.717) is 5.56 Å². The van der Waals surface area contributed by atoms with Crippen LogP contribution in [0, 0.1) is 0 Å². The molecule has 5 heteroatoms. The molecule has 0 aliphatic heterocycles. The Hall–Kier alpha value is -1.26. The fourth-order valence-electron chi connectivity index (χ4n) is 2.08. The standard InChI is InChI=1S/C11H11ClO4/c12-8-3-6(1-2-9(8)14)11(10(15)16)4-7(13)5-11/h1-3,7,13-14H,4-5H2,(H,15,16). The number of aliphatic carboxylic acids is 1. The molecule has 0 amide bonds. The van der Waals surface area contributed by atoms with E-state index in [9.17, 15) is 20.1 Å². The maximum Gasteiger partial charge on any atom is 0.314 e. The first-order valence-corrected chi connectivity index (χ1v) is 5.24. The van der Waals surface area contributed by atoms with Crippen molar-refractivity contribution in [3.8, 4) is 5.75 Å². The molecule has 0 atom stereocenters. The zero-order valence-electron chi connectivity index (χ0n) is 8.35. The summed E-state index contributed by atoms with van der Waals surface area (Å²) in [5, 5.41) is 27.9. The van der Waals surface area contributed by atoms with Gasteiger partial charge in [0, 0.05) is 0 Å². The van der Waals surface area contributed by atoms with Gasteiger partial charge in [-0.3, -0.25) is 4.79 Å². The van der Waals surface area contributed by atoms with Crippen LogP contribution in [0.25, 0.3) is 0 Å². The van der Waals surface area contributed by atoms with E-state index in [1.165, 1.54) is 18.2 Å². The first kappa shape index (κ1) is 11.2. The molecule has 1 aromatic carbocycles. The number of phenols is 1. The maximum atomic E-state index is 11.2. The summed E-state index contributed by atoms with van der Waals surface area (Å²) in [7, 11) is 0. The average Bonchev–Trinajstić information content (AvgIpc) is 2.17. The van der Waals surface area contributed by atoms with Gasteiger partial charge in [0.1, 0.15) is 5.75 Å². The molecule has 0 heterocycles. The van der Waals surface area contributed by atoms with E-state index in [1.54, 1.807) is 0 Å². The molecule has 4 nitrogen and oxygen atoms in total. The summed E-state index contributed by atoms with van der Waals surface area (Å²) in [6, 6.07) is 4.34. The number of carboxylic acids is 1. The van der Waals surface area contributed by atoms with Crippen LogP contribution in [0.15, 0.2) is 18.2 Å². The summed E-state index contributed by atoms with van der Waals surface area (Å²) in [4.78, 5) is 11.2. The molecule has 0 spiro atoms. The van der Waals surface area contributed by atoms with E-state index in [4.69, 9.17) is 11.6 Å². The van der Waals surface area contributed by atoms with Gasteiger partial charge in [-0.1, -0.05) is 17.7 Å². The summed E-state index contributed by atoms with van der Waals surface area (Å²) >= 11 is 5.74. The van der Waals surface area contributed by atoms with Crippen LogP contribution in [-0.2, 0) is 10.2 Å². The number of aliphatic hydroxyl groups is 1. The smallest absolute Gasteiger partial charge is 0.314 e. The lowest BCUT2D eigenvalue weighted by Gasteiger charge is -2.42. The quantitative estimate of drug-likeness (QED) is 0.735. The van der Waals surface area contributed by atoms with E-state index >= 15 is 0 Å². The minimum atomic E-state index is -1.06. The van der Waals surface area contributed by atoms with Crippen molar-refractivity contribution in [2.24, 2.45) is 0 Å². The second-order valence-corrected chi connectivity index (χ2v) is 4.52. The van der Waals surface area contributed by atoms with Crippen molar-refractivity contribution in [2.75, 3.05) is 0 Å². The molecule has 0 bridgehead atoms. The molecular formula is C11H11ClO4. The van der Waals surface area contributed by atoms with Crippen LogP contribution in [0.2, 0.25) is 5.02 Å². The minimum absolute atomic E-state index is 0.0779. The van der Waals surface area contributed by atoms with Crippen LogP contribution in [0.1, 0.15) is 18.4 Å². The molecule has 1 aliphatic carbocycles. The molecule has 0 unspecified atom stereocenters. The van der Waals surface area contributed by atoms with Gasteiger partial charge < -0.3 is 15.3 Å². The SMILES string of the molecule is O=C(O)C1(c2ccc(O)c(Cl)c2)CC(O)C1. The summed E-state index contributed by atoms with van der Waals surface area (Å²) < 4.78 is 0. The highest BCUT2D eigenvalue weighted by Crippen LogP contribution is 2.45. The van der Waals surface area contributed by atoms with Crippen molar-refractivity contribution in [2.45, 2.75) is 24.4 Å². The Morgan fingerprint density at radius 3 is 2.50 bits per heavy atom. The van der Waals surface area contributed by atoms with Gasteiger partial charge in [0.15, 0.2) is 0 Å². The van der Waals surface area contributed by atoms with Crippen molar-refractivity contribution in [1.82, 2.24) is 0 Å². The van der Waals surface area contributed by atoms with Crippen LogP contribution in [0.3, 0.4) is 0 Å². The van der Waals surface area contributed by atoms with Crippen LogP contribution >= 0.6 is 11.6 Å². The van der Waals surface area contributed by atoms with Crippen LogP contribution < -0.4 is 0 Å². The Bertz CT molecular complexity index is 438. The number of carboxylic acid groups (broad SMARTS) is 1. The Morgan fingerprint density at radius 1 is 1.44 bits per heavy atom. The van der Waals surface area contributed by atoms with Crippen LogP contribution in [-0.4, -0.2) is 27.4 Å². The van der Waals surface area contributed by atoms with E-state index in [-0.39, 0.29) is 23.6 Å². The number of hydrogen-bond donors (Lipinski definition) is 3. The molecule has 1 aliphatic rings. The molecule has 0 aromatic heterocycles. The fourth-order valence-corrected chi connectivity index (χ4v) is 2.26.